The average molecular weight is 291 g/mol. The van der Waals surface area contributed by atoms with Crippen molar-refractivity contribution < 1.29 is 13.5 Å². The van der Waals surface area contributed by atoms with Crippen molar-refractivity contribution in [1.29, 1.82) is 0 Å². The number of nitrogens with zero attached hydrogens (tertiary/aromatic N) is 1. The van der Waals surface area contributed by atoms with Crippen LogP contribution in [0.4, 0.5) is 0 Å². The number of phenolic OH excluding ortho intramolecular Hbond substituents is 1. The van der Waals surface area contributed by atoms with Gasteiger partial charge in [0.1, 0.15) is 10.6 Å². The first kappa shape index (κ1) is 14.6. The van der Waals surface area contributed by atoms with Gasteiger partial charge in [-0.1, -0.05) is 42.0 Å². The smallest absolute Gasteiger partial charge is 0.246 e. The van der Waals surface area contributed by atoms with Gasteiger partial charge in [0.05, 0.1) is 0 Å². The van der Waals surface area contributed by atoms with Crippen LogP contribution in [-0.4, -0.2) is 24.9 Å². The summed E-state index contributed by atoms with van der Waals surface area (Å²) in [7, 11) is -2.19. The number of hydrogen-bond acceptors (Lipinski definition) is 3. The molecule has 0 aliphatic rings. The molecule has 0 atom stereocenters. The molecule has 0 spiro atoms. The first-order valence-corrected chi connectivity index (χ1v) is 7.65. The summed E-state index contributed by atoms with van der Waals surface area (Å²) < 4.78 is 26.0. The lowest BCUT2D eigenvalue weighted by molar-refractivity contribution is 0.440. The summed E-state index contributed by atoms with van der Waals surface area (Å²) >= 11 is 0. The monoisotopic (exact) mass is 291 g/mol. The van der Waals surface area contributed by atoms with Gasteiger partial charge in [-0.2, -0.15) is 4.31 Å². The zero-order chi connectivity index (χ0) is 14.8. The minimum atomic E-state index is -3.69. The van der Waals surface area contributed by atoms with E-state index in [1.165, 1.54) is 23.5 Å². The molecule has 0 aliphatic carbocycles. The lowest BCUT2D eigenvalue weighted by Gasteiger charge is -2.18. The van der Waals surface area contributed by atoms with Gasteiger partial charge in [0, 0.05) is 13.6 Å². The van der Waals surface area contributed by atoms with Gasteiger partial charge in [-0.25, -0.2) is 8.42 Å². The molecule has 0 amide bonds. The molecule has 0 saturated carbocycles. The standard InChI is InChI=1S/C15H17NO3S/c1-12-7-9-13(10-8-12)11-16(2)20(18,19)15-6-4-3-5-14(15)17/h3-10,17H,11H2,1-2H3. The zero-order valence-electron chi connectivity index (χ0n) is 11.4. The number of rotatable bonds is 4. The number of benzene rings is 2. The molecule has 1 N–H and O–H groups in total. The van der Waals surface area contributed by atoms with Crippen molar-refractivity contribution >= 4 is 10.0 Å². The number of aromatic hydroxyl groups is 1. The molecule has 20 heavy (non-hydrogen) atoms. The van der Waals surface area contributed by atoms with Crippen LogP contribution in [0.2, 0.25) is 0 Å². The molecular formula is C15H17NO3S. The second kappa shape index (κ2) is 5.64. The van der Waals surface area contributed by atoms with Crippen molar-refractivity contribution in [1.82, 2.24) is 4.31 Å². The molecule has 5 heteroatoms. The number of sulfonamides is 1. The van der Waals surface area contributed by atoms with Gasteiger partial charge in [-0.05, 0) is 24.6 Å². The zero-order valence-corrected chi connectivity index (χ0v) is 12.3. The topological polar surface area (TPSA) is 57.6 Å². The Hall–Kier alpha value is -1.85. The van der Waals surface area contributed by atoms with Crippen LogP contribution in [0.25, 0.3) is 0 Å². The summed E-state index contributed by atoms with van der Waals surface area (Å²) in [5, 5.41) is 9.69. The molecule has 0 saturated heterocycles. The molecule has 0 radical (unpaired) electrons. The molecule has 4 nitrogen and oxygen atoms in total. The van der Waals surface area contributed by atoms with E-state index in [1.54, 1.807) is 12.1 Å². The SMILES string of the molecule is Cc1ccc(CN(C)S(=O)(=O)c2ccccc2O)cc1. The summed E-state index contributed by atoms with van der Waals surface area (Å²) in [6.07, 6.45) is 0. The Labute approximate surface area is 119 Å². The Morgan fingerprint density at radius 1 is 1.05 bits per heavy atom. The van der Waals surface area contributed by atoms with Crippen LogP contribution < -0.4 is 0 Å². The highest BCUT2D eigenvalue weighted by Gasteiger charge is 2.23. The Bertz CT molecular complexity index is 693. The van der Waals surface area contributed by atoms with Crippen molar-refractivity contribution in [2.24, 2.45) is 0 Å². The molecule has 2 aromatic carbocycles. The van der Waals surface area contributed by atoms with E-state index >= 15 is 0 Å². The fraction of sp³-hybridized carbons (Fsp3) is 0.200. The van der Waals surface area contributed by atoms with Gasteiger partial charge in [0.15, 0.2) is 0 Å². The third-order valence-electron chi connectivity index (χ3n) is 3.08. The lowest BCUT2D eigenvalue weighted by atomic mass is 10.1. The maximum atomic E-state index is 12.4. The molecule has 0 heterocycles. The summed E-state index contributed by atoms with van der Waals surface area (Å²) in [4.78, 5) is -0.0744. The predicted molar refractivity (Wildman–Crippen MR) is 77.9 cm³/mol. The Balaban J connectivity index is 2.26. The fourth-order valence-electron chi connectivity index (χ4n) is 1.88. The van der Waals surface area contributed by atoms with Crippen molar-refractivity contribution in [2.45, 2.75) is 18.4 Å². The van der Waals surface area contributed by atoms with Gasteiger partial charge in [0.25, 0.3) is 0 Å². The highest BCUT2D eigenvalue weighted by Crippen LogP contribution is 2.25. The van der Waals surface area contributed by atoms with Gasteiger partial charge in [0.2, 0.25) is 10.0 Å². The molecule has 0 aliphatic heterocycles. The minimum Gasteiger partial charge on any atom is -0.507 e. The van der Waals surface area contributed by atoms with Gasteiger partial charge >= 0.3 is 0 Å². The third-order valence-corrected chi connectivity index (χ3v) is 4.93. The van der Waals surface area contributed by atoms with Crippen LogP contribution in [0.15, 0.2) is 53.4 Å². The van der Waals surface area contributed by atoms with E-state index in [2.05, 4.69) is 0 Å². The number of phenols is 1. The Kier molecular flexibility index (Phi) is 4.11. The molecule has 0 fully saturated rings. The van der Waals surface area contributed by atoms with E-state index in [1.807, 2.05) is 31.2 Å². The molecule has 2 aromatic rings. The van der Waals surface area contributed by atoms with Crippen LogP contribution in [0.5, 0.6) is 5.75 Å². The summed E-state index contributed by atoms with van der Waals surface area (Å²) in [5.41, 5.74) is 2.03. The highest BCUT2D eigenvalue weighted by atomic mass is 32.2. The van der Waals surface area contributed by atoms with Crippen LogP contribution >= 0.6 is 0 Å². The maximum absolute atomic E-state index is 12.4. The van der Waals surface area contributed by atoms with Crippen LogP contribution in [0.1, 0.15) is 11.1 Å². The largest absolute Gasteiger partial charge is 0.507 e. The first-order valence-electron chi connectivity index (χ1n) is 6.21. The second-order valence-corrected chi connectivity index (χ2v) is 6.73. The first-order chi connectivity index (χ1) is 9.41. The van der Waals surface area contributed by atoms with Crippen molar-refractivity contribution in [3.63, 3.8) is 0 Å². The van der Waals surface area contributed by atoms with Crippen LogP contribution in [0, 0.1) is 6.92 Å². The molecule has 0 bridgehead atoms. The van der Waals surface area contributed by atoms with Gasteiger partial charge < -0.3 is 5.11 Å². The molecule has 106 valence electrons. The van der Waals surface area contributed by atoms with Crippen molar-refractivity contribution in [3.8, 4) is 5.75 Å². The summed E-state index contributed by atoms with van der Waals surface area (Å²) in [5.74, 6) is -0.233. The average Bonchev–Trinajstić information content (AvgIpc) is 2.41. The molecule has 2 rings (SSSR count). The normalized spacial score (nSPS) is 11.8. The molecule has 0 aromatic heterocycles. The lowest BCUT2D eigenvalue weighted by Crippen LogP contribution is -2.26. The third kappa shape index (κ3) is 3.00. The van der Waals surface area contributed by atoms with E-state index in [9.17, 15) is 13.5 Å². The van der Waals surface area contributed by atoms with Gasteiger partial charge in [-0.3, -0.25) is 0 Å². The number of para-hydroxylation sites is 1. The van der Waals surface area contributed by atoms with Crippen LogP contribution in [-0.2, 0) is 16.6 Å². The quantitative estimate of drug-likeness (QED) is 0.941. The van der Waals surface area contributed by atoms with E-state index in [4.69, 9.17) is 0 Å². The number of aryl methyl sites for hydroxylation is 1. The Morgan fingerprint density at radius 2 is 1.65 bits per heavy atom. The summed E-state index contributed by atoms with van der Waals surface area (Å²) in [6, 6.07) is 13.6. The van der Waals surface area contributed by atoms with E-state index < -0.39 is 10.0 Å². The molecular weight excluding hydrogens is 274 g/mol. The van der Waals surface area contributed by atoms with Crippen molar-refractivity contribution in [3.05, 3.63) is 59.7 Å². The highest BCUT2D eigenvalue weighted by molar-refractivity contribution is 7.89. The van der Waals surface area contributed by atoms with E-state index in [0.717, 1.165) is 11.1 Å². The van der Waals surface area contributed by atoms with E-state index in [-0.39, 0.29) is 17.2 Å². The Morgan fingerprint density at radius 3 is 2.25 bits per heavy atom. The minimum absolute atomic E-state index is 0.0744. The van der Waals surface area contributed by atoms with Crippen LogP contribution in [0.3, 0.4) is 0 Å². The van der Waals surface area contributed by atoms with Gasteiger partial charge in [-0.15, -0.1) is 0 Å². The maximum Gasteiger partial charge on any atom is 0.246 e. The van der Waals surface area contributed by atoms with Crippen molar-refractivity contribution in [2.75, 3.05) is 7.05 Å². The second-order valence-electron chi connectivity index (χ2n) is 4.71. The van der Waals surface area contributed by atoms with E-state index in [0.29, 0.717) is 0 Å². The number of hydrogen-bond donors (Lipinski definition) is 1. The fourth-order valence-corrected chi connectivity index (χ4v) is 3.12. The summed E-state index contributed by atoms with van der Waals surface area (Å²) in [6.45, 7) is 2.24. The predicted octanol–water partition coefficient (Wildman–Crippen LogP) is 2.52. The molecule has 0 unspecified atom stereocenters.